The molecule has 1 aromatic carbocycles. The first-order valence-corrected chi connectivity index (χ1v) is 6.49. The second-order valence-electron chi connectivity index (χ2n) is 4.81. The van der Waals surface area contributed by atoms with Crippen LogP contribution in [0.25, 0.3) is 0 Å². The number of halogens is 1. The van der Waals surface area contributed by atoms with E-state index in [0.29, 0.717) is 19.5 Å². The van der Waals surface area contributed by atoms with E-state index in [-0.39, 0.29) is 17.8 Å². The average Bonchev–Trinajstić information content (AvgIpc) is 2.92. The second kappa shape index (κ2) is 5.42. The maximum atomic E-state index is 13.0. The van der Waals surface area contributed by atoms with Crippen molar-refractivity contribution < 1.29 is 9.18 Å². The summed E-state index contributed by atoms with van der Waals surface area (Å²) in [6.45, 7) is 0.926. The van der Waals surface area contributed by atoms with Crippen LogP contribution in [-0.2, 0) is 24.3 Å². The predicted octanol–water partition coefficient (Wildman–Crippen LogP) is 0.879. The van der Waals surface area contributed by atoms with Gasteiger partial charge >= 0.3 is 0 Å². The zero-order valence-corrected chi connectivity index (χ0v) is 10.8. The van der Waals surface area contributed by atoms with E-state index < -0.39 is 0 Å². The summed E-state index contributed by atoms with van der Waals surface area (Å²) in [5.41, 5.74) is 2.70. The molecule has 2 heterocycles. The van der Waals surface area contributed by atoms with Crippen molar-refractivity contribution in [3.63, 3.8) is 0 Å². The summed E-state index contributed by atoms with van der Waals surface area (Å²) < 4.78 is 13.0. The van der Waals surface area contributed by atoms with E-state index >= 15 is 0 Å². The molecule has 3 rings (SSSR count). The molecule has 104 valence electrons. The number of carbonyl (C=O) groups excluding carboxylic acids is 1. The van der Waals surface area contributed by atoms with Gasteiger partial charge in [0.2, 0.25) is 5.91 Å². The third-order valence-electron chi connectivity index (χ3n) is 3.40. The lowest BCUT2D eigenvalue weighted by molar-refractivity contribution is -0.123. The van der Waals surface area contributed by atoms with Gasteiger partial charge in [-0.2, -0.15) is 0 Å². The number of hydrogen-bond donors (Lipinski definition) is 3. The van der Waals surface area contributed by atoms with Crippen LogP contribution in [0.1, 0.15) is 17.0 Å². The lowest BCUT2D eigenvalue weighted by Crippen LogP contribution is -2.47. The molecule has 3 N–H and O–H groups in total. The molecule has 6 heteroatoms. The average molecular weight is 274 g/mol. The van der Waals surface area contributed by atoms with Crippen molar-refractivity contribution in [1.82, 2.24) is 20.6 Å². The first-order valence-electron chi connectivity index (χ1n) is 6.49. The summed E-state index contributed by atoms with van der Waals surface area (Å²) in [6, 6.07) is 5.92. The van der Waals surface area contributed by atoms with Gasteiger partial charge in [-0.3, -0.25) is 10.1 Å². The molecule has 1 amide bonds. The minimum absolute atomic E-state index is 0.0945. The Labute approximate surface area is 115 Å². The lowest BCUT2D eigenvalue weighted by Gasteiger charge is -2.22. The van der Waals surface area contributed by atoms with Crippen molar-refractivity contribution in [3.8, 4) is 0 Å². The van der Waals surface area contributed by atoms with Crippen molar-refractivity contribution in [3.05, 3.63) is 53.4 Å². The quantitative estimate of drug-likeness (QED) is 0.778. The molecular formula is C14H15FN4O. The minimum atomic E-state index is -0.297. The summed E-state index contributed by atoms with van der Waals surface area (Å²) in [5.74, 6) is -0.392. The van der Waals surface area contributed by atoms with Crippen LogP contribution in [-0.4, -0.2) is 21.9 Å². The highest BCUT2D eigenvalue weighted by molar-refractivity contribution is 5.82. The number of fused-ring (bicyclic) bond motifs is 1. The second-order valence-corrected chi connectivity index (χ2v) is 4.81. The molecule has 1 unspecified atom stereocenters. The number of carbonyl (C=O) groups is 1. The van der Waals surface area contributed by atoms with E-state index in [4.69, 9.17) is 0 Å². The molecule has 0 saturated carbocycles. The fraction of sp³-hybridized carbons (Fsp3) is 0.286. The van der Waals surface area contributed by atoms with Crippen molar-refractivity contribution in [2.75, 3.05) is 0 Å². The zero-order valence-electron chi connectivity index (χ0n) is 10.8. The van der Waals surface area contributed by atoms with Crippen LogP contribution in [0.3, 0.4) is 0 Å². The summed E-state index contributed by atoms with van der Waals surface area (Å²) in [7, 11) is 0. The van der Waals surface area contributed by atoms with Gasteiger partial charge in [0.15, 0.2) is 0 Å². The van der Waals surface area contributed by atoms with Crippen LogP contribution in [0.2, 0.25) is 0 Å². The number of hydrogen-bond acceptors (Lipinski definition) is 3. The monoisotopic (exact) mass is 274 g/mol. The highest BCUT2D eigenvalue weighted by atomic mass is 19.1. The molecule has 5 nitrogen and oxygen atoms in total. The first-order chi connectivity index (χ1) is 9.72. The Kier molecular flexibility index (Phi) is 3.47. The van der Waals surface area contributed by atoms with Crippen LogP contribution in [0.4, 0.5) is 4.39 Å². The Hall–Kier alpha value is -2.21. The molecule has 0 fully saturated rings. The Balaban J connectivity index is 1.58. The number of benzene rings is 1. The molecule has 0 aliphatic carbocycles. The highest BCUT2D eigenvalue weighted by Gasteiger charge is 2.25. The molecular weight excluding hydrogens is 259 g/mol. The SMILES string of the molecule is O=C(NCc1cccc(F)c1)C1Cc2nc[nH]c2CN1. The normalized spacial score (nSPS) is 17.6. The maximum absolute atomic E-state index is 13.0. The van der Waals surface area contributed by atoms with Gasteiger partial charge in [-0.05, 0) is 17.7 Å². The van der Waals surface area contributed by atoms with Gasteiger partial charge in [0.25, 0.3) is 0 Å². The van der Waals surface area contributed by atoms with Gasteiger partial charge in [-0.25, -0.2) is 9.37 Å². The van der Waals surface area contributed by atoms with Crippen molar-refractivity contribution in [1.29, 1.82) is 0 Å². The molecule has 2 aromatic rings. The number of nitrogens with zero attached hydrogens (tertiary/aromatic N) is 1. The largest absolute Gasteiger partial charge is 0.351 e. The molecule has 0 spiro atoms. The molecule has 1 aliphatic heterocycles. The van der Waals surface area contributed by atoms with Crippen LogP contribution < -0.4 is 10.6 Å². The van der Waals surface area contributed by atoms with Crippen molar-refractivity contribution in [2.45, 2.75) is 25.6 Å². The van der Waals surface area contributed by atoms with Gasteiger partial charge in [-0.15, -0.1) is 0 Å². The number of rotatable bonds is 3. The predicted molar refractivity (Wildman–Crippen MR) is 71.2 cm³/mol. The molecule has 1 aromatic heterocycles. The van der Waals surface area contributed by atoms with Crippen LogP contribution in [0.5, 0.6) is 0 Å². The molecule has 0 bridgehead atoms. The van der Waals surface area contributed by atoms with E-state index in [0.717, 1.165) is 17.0 Å². The van der Waals surface area contributed by atoms with Gasteiger partial charge in [0, 0.05) is 19.5 Å². The first kappa shape index (κ1) is 12.8. The number of imidazole rings is 1. The van der Waals surface area contributed by atoms with Gasteiger partial charge in [0.1, 0.15) is 5.82 Å². The van der Waals surface area contributed by atoms with E-state index in [1.165, 1.54) is 12.1 Å². The fourth-order valence-electron chi connectivity index (χ4n) is 2.31. The van der Waals surface area contributed by atoms with Crippen molar-refractivity contribution in [2.24, 2.45) is 0 Å². The topological polar surface area (TPSA) is 69.8 Å². The van der Waals surface area contributed by atoms with E-state index in [9.17, 15) is 9.18 Å². The Morgan fingerprint density at radius 2 is 2.40 bits per heavy atom. The van der Waals surface area contributed by atoms with Crippen LogP contribution in [0, 0.1) is 5.82 Å². The standard InChI is InChI=1S/C14H15FN4O/c15-10-3-1-2-9(4-10)6-17-14(20)12-5-11-13(7-16-12)19-8-18-11/h1-4,8,12,16H,5-7H2,(H,17,20)(H,18,19). The highest BCUT2D eigenvalue weighted by Crippen LogP contribution is 2.12. The lowest BCUT2D eigenvalue weighted by atomic mass is 10.0. The number of aromatic nitrogens is 2. The number of nitrogens with one attached hydrogen (secondary N) is 3. The number of aromatic amines is 1. The van der Waals surface area contributed by atoms with Crippen molar-refractivity contribution >= 4 is 5.91 Å². The summed E-state index contributed by atoms with van der Waals surface area (Å²) in [4.78, 5) is 19.3. The Morgan fingerprint density at radius 3 is 3.25 bits per heavy atom. The smallest absolute Gasteiger partial charge is 0.237 e. The van der Waals surface area contributed by atoms with Gasteiger partial charge < -0.3 is 10.3 Å². The van der Waals surface area contributed by atoms with E-state index in [1.54, 1.807) is 18.5 Å². The molecule has 20 heavy (non-hydrogen) atoms. The maximum Gasteiger partial charge on any atom is 0.237 e. The summed E-state index contributed by atoms with van der Waals surface area (Å²) in [5, 5.41) is 5.96. The number of H-pyrrole nitrogens is 1. The van der Waals surface area contributed by atoms with Crippen LogP contribution in [0.15, 0.2) is 30.6 Å². The molecule has 0 saturated heterocycles. The fourth-order valence-corrected chi connectivity index (χ4v) is 2.31. The third-order valence-corrected chi connectivity index (χ3v) is 3.40. The Bertz CT molecular complexity index is 625. The molecule has 1 aliphatic rings. The third kappa shape index (κ3) is 2.70. The number of amides is 1. The molecule has 0 radical (unpaired) electrons. The van der Waals surface area contributed by atoms with Crippen LogP contribution >= 0.6 is 0 Å². The summed E-state index contributed by atoms with van der Waals surface area (Å²) in [6.07, 6.45) is 2.20. The zero-order chi connectivity index (χ0) is 13.9. The van der Waals surface area contributed by atoms with Gasteiger partial charge in [0.05, 0.1) is 23.8 Å². The summed E-state index contributed by atoms with van der Waals surface area (Å²) >= 11 is 0. The molecule has 1 atom stereocenters. The van der Waals surface area contributed by atoms with E-state index in [1.807, 2.05) is 0 Å². The van der Waals surface area contributed by atoms with Gasteiger partial charge in [-0.1, -0.05) is 12.1 Å². The minimum Gasteiger partial charge on any atom is -0.351 e. The van der Waals surface area contributed by atoms with E-state index in [2.05, 4.69) is 20.6 Å². The Morgan fingerprint density at radius 1 is 1.50 bits per heavy atom.